The molecule has 0 bridgehead atoms. The van der Waals surface area contributed by atoms with E-state index in [4.69, 9.17) is 4.74 Å². The van der Waals surface area contributed by atoms with Crippen LogP contribution in [-0.4, -0.2) is 42.9 Å². The zero-order valence-electron chi connectivity index (χ0n) is 16.4. The number of hydrogen-bond donors (Lipinski definition) is 1. The molecule has 3 rings (SSSR count). The predicted molar refractivity (Wildman–Crippen MR) is 114 cm³/mol. The number of amides is 1. The number of benzene rings is 1. The summed E-state index contributed by atoms with van der Waals surface area (Å²) in [6.45, 7) is 5.33. The molecule has 0 spiro atoms. The van der Waals surface area contributed by atoms with E-state index in [-0.39, 0.29) is 12.3 Å². The lowest BCUT2D eigenvalue weighted by Crippen LogP contribution is -2.36. The monoisotopic (exact) mass is 400 g/mol. The number of unbranched alkanes of at least 4 members (excludes halogenated alkanes) is 2. The van der Waals surface area contributed by atoms with Gasteiger partial charge in [0.05, 0.1) is 31.0 Å². The molecule has 0 radical (unpaired) electrons. The number of ether oxygens (including phenoxy) is 1. The zero-order chi connectivity index (χ0) is 19.6. The molecule has 6 nitrogen and oxygen atoms in total. The smallest absolute Gasteiger partial charge is 0.246 e. The van der Waals surface area contributed by atoms with Crippen LogP contribution in [0.3, 0.4) is 0 Å². The van der Waals surface area contributed by atoms with Gasteiger partial charge in [0.15, 0.2) is 5.13 Å². The van der Waals surface area contributed by atoms with Crippen molar-refractivity contribution in [3.05, 3.63) is 47.0 Å². The predicted octanol–water partition coefficient (Wildman–Crippen LogP) is 3.62. The number of carbonyl (C=O) groups excluding carboxylic acids is 1. The summed E-state index contributed by atoms with van der Waals surface area (Å²) < 4.78 is 5.37. The summed E-state index contributed by atoms with van der Waals surface area (Å²) in [6.07, 6.45) is 4.47. The number of hydrazone groups is 1. The van der Waals surface area contributed by atoms with Gasteiger partial charge in [0.1, 0.15) is 0 Å². The molecule has 1 aliphatic rings. The summed E-state index contributed by atoms with van der Waals surface area (Å²) in [7, 11) is 0. The van der Waals surface area contributed by atoms with Gasteiger partial charge < -0.3 is 9.64 Å². The van der Waals surface area contributed by atoms with Gasteiger partial charge in [-0.1, -0.05) is 50.1 Å². The third-order valence-corrected chi connectivity index (χ3v) is 5.55. The van der Waals surface area contributed by atoms with E-state index in [0.29, 0.717) is 0 Å². The van der Waals surface area contributed by atoms with Gasteiger partial charge in [0.2, 0.25) is 5.91 Å². The highest BCUT2D eigenvalue weighted by molar-refractivity contribution is 7.13. The summed E-state index contributed by atoms with van der Waals surface area (Å²) >= 11 is 1.58. The van der Waals surface area contributed by atoms with Crippen LogP contribution in [0.15, 0.2) is 40.8 Å². The molecule has 1 fully saturated rings. The number of anilines is 1. The Kier molecular flexibility index (Phi) is 7.99. The number of nitrogens with zero attached hydrogens (tertiary/aromatic N) is 3. The van der Waals surface area contributed by atoms with Crippen LogP contribution >= 0.6 is 11.3 Å². The Labute approximate surface area is 170 Å². The Morgan fingerprint density at radius 3 is 2.79 bits per heavy atom. The van der Waals surface area contributed by atoms with Crippen molar-refractivity contribution in [3.63, 3.8) is 0 Å². The first kappa shape index (κ1) is 20.5. The molecule has 0 atom stereocenters. The fourth-order valence-electron chi connectivity index (χ4n) is 3.05. The minimum Gasteiger partial charge on any atom is -0.378 e. The van der Waals surface area contributed by atoms with Gasteiger partial charge in [0, 0.05) is 18.5 Å². The number of morpholine rings is 1. The van der Waals surface area contributed by atoms with Crippen molar-refractivity contribution >= 4 is 28.1 Å². The summed E-state index contributed by atoms with van der Waals surface area (Å²) in [5.41, 5.74) is 5.49. The minimum atomic E-state index is -0.136. The first-order chi connectivity index (χ1) is 13.8. The maximum absolute atomic E-state index is 12.4. The second kappa shape index (κ2) is 10.9. The van der Waals surface area contributed by atoms with Crippen LogP contribution in [-0.2, 0) is 16.0 Å². The average Bonchev–Trinajstić information content (AvgIpc) is 3.20. The fraction of sp³-hybridized carbons (Fsp3) is 0.476. The molecule has 1 aromatic heterocycles. The molecule has 1 N–H and O–H groups in total. The number of rotatable bonds is 9. The minimum absolute atomic E-state index is 0.136. The Hall–Kier alpha value is -2.25. The molecule has 150 valence electrons. The van der Waals surface area contributed by atoms with Gasteiger partial charge >= 0.3 is 0 Å². The molecule has 1 aromatic carbocycles. The van der Waals surface area contributed by atoms with E-state index in [1.807, 2.05) is 35.7 Å². The van der Waals surface area contributed by atoms with Crippen LogP contribution < -0.4 is 10.3 Å². The molecular formula is C21H28N4O2S. The average molecular weight is 401 g/mol. The first-order valence-corrected chi connectivity index (χ1v) is 10.8. The lowest BCUT2D eigenvalue weighted by atomic mass is 10.0. The number of thiazole rings is 1. The Balaban J connectivity index is 1.58. The first-order valence-electron chi connectivity index (χ1n) is 9.94. The summed E-state index contributed by atoms with van der Waals surface area (Å²) in [4.78, 5) is 19.2. The standard InChI is InChI=1S/C21H28N4O2S/c1-2-3-5-10-19(17-8-6-4-7-9-17)23-24-20(26)15-18-16-28-21(22-18)25-11-13-27-14-12-25/h4,6-9,16H,2-3,5,10-15H2,1H3,(H,24,26)/b23-19-. The van der Waals surface area contributed by atoms with E-state index < -0.39 is 0 Å². The van der Waals surface area contributed by atoms with E-state index in [2.05, 4.69) is 27.3 Å². The van der Waals surface area contributed by atoms with Gasteiger partial charge in [-0.2, -0.15) is 5.10 Å². The van der Waals surface area contributed by atoms with Crippen LogP contribution in [0.1, 0.15) is 43.9 Å². The second-order valence-electron chi connectivity index (χ2n) is 6.81. The zero-order valence-corrected chi connectivity index (χ0v) is 17.2. The molecule has 0 saturated carbocycles. The van der Waals surface area contributed by atoms with E-state index >= 15 is 0 Å². The van der Waals surface area contributed by atoms with Crippen LogP contribution in [0.2, 0.25) is 0 Å². The van der Waals surface area contributed by atoms with E-state index in [1.165, 1.54) is 0 Å². The summed E-state index contributed by atoms with van der Waals surface area (Å²) in [5.74, 6) is -0.136. The van der Waals surface area contributed by atoms with Gasteiger partial charge in [-0.15, -0.1) is 11.3 Å². The molecule has 0 unspecified atom stereocenters. The normalized spacial score (nSPS) is 14.9. The van der Waals surface area contributed by atoms with Crippen molar-refractivity contribution in [2.75, 3.05) is 31.2 Å². The lowest BCUT2D eigenvalue weighted by Gasteiger charge is -2.26. The Morgan fingerprint density at radius 2 is 2.04 bits per heavy atom. The maximum Gasteiger partial charge on any atom is 0.246 e. The highest BCUT2D eigenvalue weighted by Gasteiger charge is 2.15. The van der Waals surface area contributed by atoms with E-state index in [9.17, 15) is 4.79 Å². The quantitative estimate of drug-likeness (QED) is 0.397. The molecule has 2 heterocycles. The van der Waals surface area contributed by atoms with Crippen molar-refractivity contribution in [2.45, 2.75) is 39.0 Å². The number of nitrogens with one attached hydrogen (secondary N) is 1. The third-order valence-electron chi connectivity index (χ3n) is 4.60. The molecular weight excluding hydrogens is 372 g/mol. The fourth-order valence-corrected chi connectivity index (χ4v) is 3.93. The summed E-state index contributed by atoms with van der Waals surface area (Å²) in [6, 6.07) is 10.0. The largest absolute Gasteiger partial charge is 0.378 e. The second-order valence-corrected chi connectivity index (χ2v) is 7.65. The van der Waals surface area contributed by atoms with Crippen molar-refractivity contribution in [3.8, 4) is 0 Å². The van der Waals surface area contributed by atoms with Gasteiger partial charge in [-0.05, 0) is 18.4 Å². The van der Waals surface area contributed by atoms with Crippen molar-refractivity contribution in [2.24, 2.45) is 5.10 Å². The lowest BCUT2D eigenvalue weighted by molar-refractivity contribution is -0.120. The molecule has 0 aliphatic carbocycles. The Bertz CT molecular complexity index is 770. The van der Waals surface area contributed by atoms with Crippen LogP contribution in [0.5, 0.6) is 0 Å². The number of hydrogen-bond acceptors (Lipinski definition) is 6. The van der Waals surface area contributed by atoms with Gasteiger partial charge in [-0.3, -0.25) is 4.79 Å². The summed E-state index contributed by atoms with van der Waals surface area (Å²) in [5, 5.41) is 7.33. The topological polar surface area (TPSA) is 66.8 Å². The van der Waals surface area contributed by atoms with Crippen molar-refractivity contribution in [1.29, 1.82) is 0 Å². The van der Waals surface area contributed by atoms with Crippen LogP contribution in [0.25, 0.3) is 0 Å². The highest BCUT2D eigenvalue weighted by atomic mass is 32.1. The molecule has 2 aromatic rings. The number of carbonyl (C=O) groups is 1. The van der Waals surface area contributed by atoms with Crippen LogP contribution in [0, 0.1) is 0 Å². The van der Waals surface area contributed by atoms with Gasteiger partial charge in [-0.25, -0.2) is 10.4 Å². The molecule has 28 heavy (non-hydrogen) atoms. The highest BCUT2D eigenvalue weighted by Crippen LogP contribution is 2.21. The van der Waals surface area contributed by atoms with Crippen molar-refractivity contribution < 1.29 is 9.53 Å². The van der Waals surface area contributed by atoms with E-state index in [1.54, 1.807) is 11.3 Å². The van der Waals surface area contributed by atoms with E-state index in [0.717, 1.165) is 74.1 Å². The van der Waals surface area contributed by atoms with Gasteiger partial charge in [0.25, 0.3) is 0 Å². The maximum atomic E-state index is 12.4. The molecule has 1 amide bonds. The SMILES string of the molecule is CCCCC/C(=N/NC(=O)Cc1csc(N2CCOCC2)n1)c1ccccc1. The Morgan fingerprint density at radius 1 is 1.25 bits per heavy atom. The molecule has 7 heteroatoms. The molecule has 1 saturated heterocycles. The third kappa shape index (κ3) is 6.14. The van der Waals surface area contributed by atoms with Crippen molar-refractivity contribution in [1.82, 2.24) is 10.4 Å². The van der Waals surface area contributed by atoms with Crippen LogP contribution in [0.4, 0.5) is 5.13 Å². The molecule has 1 aliphatic heterocycles. The number of aromatic nitrogens is 1.